The molecule has 0 unspecified atom stereocenters. The van der Waals surface area contributed by atoms with Crippen molar-refractivity contribution >= 4 is 45.8 Å². The number of rotatable bonds is 10. The number of carbonyl (C=O) groups is 2. The topological polar surface area (TPSA) is 192 Å². The molecule has 2 heterocycles. The molecule has 182 valence electrons. The van der Waals surface area contributed by atoms with E-state index in [1.807, 2.05) is 16.7 Å². The molecule has 4 aromatic rings. The summed E-state index contributed by atoms with van der Waals surface area (Å²) in [5.41, 5.74) is 26.2. The summed E-state index contributed by atoms with van der Waals surface area (Å²) in [5, 5.41) is 0. The van der Waals surface area contributed by atoms with Gasteiger partial charge in [-0.1, -0.05) is 12.2 Å². The molecule has 0 saturated heterocycles. The molecule has 8 N–H and O–H groups in total. The van der Waals surface area contributed by atoms with Gasteiger partial charge < -0.3 is 41.5 Å². The molecule has 0 aliphatic rings. The molecule has 0 spiro atoms. The maximum atomic E-state index is 11.7. The molecule has 0 atom stereocenters. The van der Waals surface area contributed by atoms with Gasteiger partial charge in [0.25, 0.3) is 0 Å². The second kappa shape index (κ2) is 9.73. The highest BCUT2D eigenvalue weighted by molar-refractivity contribution is 5.99. The van der Waals surface area contributed by atoms with Gasteiger partial charge in [0.2, 0.25) is 23.7 Å². The highest BCUT2D eigenvalue weighted by Gasteiger charge is 2.17. The van der Waals surface area contributed by atoms with Crippen molar-refractivity contribution in [3.8, 4) is 5.75 Å². The molecule has 35 heavy (non-hydrogen) atoms. The summed E-state index contributed by atoms with van der Waals surface area (Å²) >= 11 is 0. The summed E-state index contributed by atoms with van der Waals surface area (Å²) in [5.74, 6) is -0.120. The summed E-state index contributed by atoms with van der Waals surface area (Å²) in [6, 6.07) is 8.15. The minimum atomic E-state index is -0.593. The first-order valence-electron chi connectivity index (χ1n) is 10.7. The van der Waals surface area contributed by atoms with Crippen LogP contribution in [-0.2, 0) is 17.8 Å². The third kappa shape index (κ3) is 4.73. The fraction of sp³-hybridized carbons (Fsp3) is 0.217. The first-order valence-corrected chi connectivity index (χ1v) is 10.7. The van der Waals surface area contributed by atoms with E-state index in [2.05, 4.69) is 9.97 Å². The monoisotopic (exact) mass is 478 g/mol. The summed E-state index contributed by atoms with van der Waals surface area (Å²) in [4.78, 5) is 31.8. The largest absolute Gasteiger partial charge is 0.489 e. The number of carbonyl (C=O) groups excluding carboxylic acids is 2. The van der Waals surface area contributed by atoms with Crippen molar-refractivity contribution < 1.29 is 19.1 Å². The van der Waals surface area contributed by atoms with Crippen molar-refractivity contribution in [3.63, 3.8) is 0 Å². The number of benzene rings is 2. The number of imidazole rings is 2. The van der Waals surface area contributed by atoms with E-state index in [-0.39, 0.29) is 18.1 Å². The van der Waals surface area contributed by atoms with Crippen molar-refractivity contribution in [2.75, 3.05) is 31.8 Å². The third-order valence-corrected chi connectivity index (χ3v) is 5.47. The Labute approximate surface area is 200 Å². The van der Waals surface area contributed by atoms with Crippen molar-refractivity contribution in [1.82, 2.24) is 19.1 Å². The average Bonchev–Trinajstić information content (AvgIpc) is 3.31. The molecule has 2 aromatic carbocycles. The van der Waals surface area contributed by atoms with Gasteiger partial charge in [-0.2, -0.15) is 0 Å². The number of allylic oxidation sites excluding steroid dienone is 2. The molecule has 12 nitrogen and oxygen atoms in total. The molecular formula is C23H26N8O4. The number of methoxy groups -OCH3 is 1. The number of nitrogen functional groups attached to an aromatic ring is 2. The lowest BCUT2D eigenvalue weighted by atomic mass is 10.1. The number of aromatic nitrogens is 4. The highest BCUT2D eigenvalue weighted by atomic mass is 16.5. The van der Waals surface area contributed by atoms with Crippen LogP contribution < -0.4 is 27.7 Å². The predicted molar refractivity (Wildman–Crippen MR) is 132 cm³/mol. The Balaban J connectivity index is 1.60. The quantitative estimate of drug-likeness (QED) is 0.192. The number of nitrogens with two attached hydrogens (primary N) is 4. The van der Waals surface area contributed by atoms with Crippen LogP contribution in [0.25, 0.3) is 22.1 Å². The minimum Gasteiger partial charge on any atom is -0.489 e. The molecule has 0 saturated carbocycles. The number of primary amides is 2. The van der Waals surface area contributed by atoms with E-state index in [0.717, 1.165) is 5.52 Å². The fourth-order valence-electron chi connectivity index (χ4n) is 3.77. The lowest BCUT2D eigenvalue weighted by Gasteiger charge is -2.11. The third-order valence-electron chi connectivity index (χ3n) is 5.47. The fourth-order valence-corrected chi connectivity index (χ4v) is 3.77. The van der Waals surface area contributed by atoms with Crippen molar-refractivity contribution in [1.29, 1.82) is 0 Å². The molecule has 0 aliphatic heterocycles. The maximum absolute atomic E-state index is 11.7. The Kier molecular flexibility index (Phi) is 6.55. The van der Waals surface area contributed by atoms with Gasteiger partial charge in [0, 0.05) is 31.3 Å². The van der Waals surface area contributed by atoms with E-state index >= 15 is 0 Å². The number of ether oxygens (including phenoxy) is 2. The summed E-state index contributed by atoms with van der Waals surface area (Å²) in [6.45, 7) is 1.47. The van der Waals surface area contributed by atoms with Gasteiger partial charge in [0.1, 0.15) is 17.9 Å². The van der Waals surface area contributed by atoms with Crippen LogP contribution in [0.4, 0.5) is 11.9 Å². The smallest absolute Gasteiger partial charge is 0.248 e. The molecular weight excluding hydrogens is 452 g/mol. The van der Waals surface area contributed by atoms with Gasteiger partial charge in [-0.05, 0) is 30.3 Å². The van der Waals surface area contributed by atoms with Gasteiger partial charge in [-0.3, -0.25) is 9.59 Å². The summed E-state index contributed by atoms with van der Waals surface area (Å²) in [7, 11) is 1.57. The number of anilines is 2. The standard InChI is InChI=1S/C23H26N8O4/c1-34-8-9-35-18-12-14(21(25)33)11-16-19(18)31(23(27)29-16)7-3-2-6-30-17-5-4-13(20(24)32)10-15(17)28-22(30)26/h2-5,10-12H,6-9H2,1H3,(H2,24,32)(H2,25,33)(H2,26,28)(H2,27,29). The number of amides is 2. The molecule has 0 radical (unpaired) electrons. The van der Waals surface area contributed by atoms with Crippen LogP contribution in [0.15, 0.2) is 42.5 Å². The molecule has 2 amide bonds. The van der Waals surface area contributed by atoms with Crippen molar-refractivity contribution in [2.45, 2.75) is 13.1 Å². The van der Waals surface area contributed by atoms with Crippen LogP contribution in [0.1, 0.15) is 20.7 Å². The van der Waals surface area contributed by atoms with Crippen LogP contribution in [0.3, 0.4) is 0 Å². The predicted octanol–water partition coefficient (Wildman–Crippen LogP) is 1.03. The zero-order chi connectivity index (χ0) is 25.1. The van der Waals surface area contributed by atoms with E-state index in [4.69, 9.17) is 32.4 Å². The molecule has 12 heteroatoms. The van der Waals surface area contributed by atoms with E-state index in [1.165, 1.54) is 0 Å². The highest BCUT2D eigenvalue weighted by Crippen LogP contribution is 2.30. The van der Waals surface area contributed by atoms with E-state index < -0.39 is 11.8 Å². The van der Waals surface area contributed by atoms with E-state index in [0.29, 0.717) is 53.5 Å². The molecule has 2 aromatic heterocycles. The maximum Gasteiger partial charge on any atom is 0.248 e. The zero-order valence-corrected chi connectivity index (χ0v) is 19.1. The molecule has 4 rings (SSSR count). The Hall–Kier alpha value is -4.58. The average molecular weight is 479 g/mol. The van der Waals surface area contributed by atoms with E-state index in [1.54, 1.807) is 42.0 Å². The lowest BCUT2D eigenvalue weighted by Crippen LogP contribution is -2.12. The van der Waals surface area contributed by atoms with Gasteiger partial charge in [-0.25, -0.2) is 9.97 Å². The Morgan fingerprint density at radius 3 is 2.20 bits per heavy atom. The van der Waals surface area contributed by atoms with E-state index in [9.17, 15) is 9.59 Å². The first kappa shape index (κ1) is 23.6. The lowest BCUT2D eigenvalue weighted by molar-refractivity contribution is 0.0991. The van der Waals surface area contributed by atoms with Crippen LogP contribution >= 0.6 is 0 Å². The van der Waals surface area contributed by atoms with Crippen LogP contribution in [0.2, 0.25) is 0 Å². The van der Waals surface area contributed by atoms with Crippen molar-refractivity contribution in [2.24, 2.45) is 11.5 Å². The SMILES string of the molecule is COCCOc1cc(C(N)=O)cc2nc(N)n(CC=CCn3c(N)nc4cc(C(N)=O)ccc43)c12. The second-order valence-corrected chi connectivity index (χ2v) is 7.75. The molecule has 0 fully saturated rings. The van der Waals surface area contributed by atoms with Crippen LogP contribution in [0.5, 0.6) is 5.75 Å². The molecule has 0 aliphatic carbocycles. The van der Waals surface area contributed by atoms with Crippen molar-refractivity contribution in [3.05, 3.63) is 53.6 Å². The Morgan fingerprint density at radius 2 is 1.51 bits per heavy atom. The zero-order valence-electron chi connectivity index (χ0n) is 19.1. The number of nitrogens with zero attached hydrogens (tertiary/aromatic N) is 4. The normalized spacial score (nSPS) is 11.6. The summed E-state index contributed by atoms with van der Waals surface area (Å²) in [6.07, 6.45) is 3.81. The minimum absolute atomic E-state index is 0.259. The van der Waals surface area contributed by atoms with Gasteiger partial charge >= 0.3 is 0 Å². The Bertz CT molecular complexity index is 1450. The summed E-state index contributed by atoms with van der Waals surface area (Å²) < 4.78 is 14.5. The number of hydrogen-bond acceptors (Lipinski definition) is 8. The van der Waals surface area contributed by atoms with Crippen LogP contribution in [0, 0.1) is 0 Å². The van der Waals surface area contributed by atoms with Crippen LogP contribution in [-0.4, -0.2) is 51.2 Å². The number of hydrogen-bond donors (Lipinski definition) is 4. The second-order valence-electron chi connectivity index (χ2n) is 7.75. The van der Waals surface area contributed by atoms with Gasteiger partial charge in [0.15, 0.2) is 0 Å². The van der Waals surface area contributed by atoms with Gasteiger partial charge in [0.05, 0.1) is 23.2 Å². The number of fused-ring (bicyclic) bond motifs is 2. The Morgan fingerprint density at radius 1 is 0.886 bits per heavy atom. The first-order chi connectivity index (χ1) is 16.8. The van der Waals surface area contributed by atoms with Gasteiger partial charge in [-0.15, -0.1) is 0 Å². The molecule has 0 bridgehead atoms.